The summed E-state index contributed by atoms with van der Waals surface area (Å²) in [5.74, 6) is 0.316. The van der Waals surface area contributed by atoms with Gasteiger partial charge < -0.3 is 9.88 Å². The molecule has 4 heteroatoms. The van der Waals surface area contributed by atoms with Crippen molar-refractivity contribution in [1.82, 2.24) is 14.9 Å². The fraction of sp³-hybridized carbons (Fsp3) is 0.318. The molecule has 1 aliphatic rings. The predicted molar refractivity (Wildman–Crippen MR) is 102 cm³/mol. The van der Waals surface area contributed by atoms with Crippen molar-refractivity contribution >= 4 is 0 Å². The predicted octanol–water partition coefficient (Wildman–Crippen LogP) is 5.00. The van der Waals surface area contributed by atoms with Crippen LogP contribution in [0.1, 0.15) is 49.3 Å². The normalized spacial score (nSPS) is 21.0. The van der Waals surface area contributed by atoms with E-state index in [0.29, 0.717) is 12.0 Å². The molecule has 0 saturated heterocycles. The average molecular weight is 349 g/mol. The highest BCUT2D eigenvalue weighted by atomic mass is 19.1. The zero-order chi connectivity index (χ0) is 17.9. The third kappa shape index (κ3) is 3.70. The quantitative estimate of drug-likeness (QED) is 0.702. The van der Waals surface area contributed by atoms with Gasteiger partial charge in [-0.25, -0.2) is 9.37 Å². The molecule has 1 fully saturated rings. The molecule has 134 valence electrons. The molecule has 2 aromatic carbocycles. The van der Waals surface area contributed by atoms with E-state index in [4.69, 9.17) is 0 Å². The van der Waals surface area contributed by atoms with Crippen LogP contribution in [0.4, 0.5) is 4.39 Å². The lowest BCUT2D eigenvalue weighted by Crippen LogP contribution is -2.29. The Balaban J connectivity index is 1.41. The summed E-state index contributed by atoms with van der Waals surface area (Å²) in [6.07, 6.45) is 8.87. The van der Waals surface area contributed by atoms with Crippen molar-refractivity contribution in [3.8, 4) is 5.69 Å². The van der Waals surface area contributed by atoms with Gasteiger partial charge in [-0.1, -0.05) is 24.3 Å². The van der Waals surface area contributed by atoms with Crippen LogP contribution in [0.5, 0.6) is 0 Å². The fourth-order valence-electron chi connectivity index (χ4n) is 4.01. The topological polar surface area (TPSA) is 29.9 Å². The summed E-state index contributed by atoms with van der Waals surface area (Å²) in [5, 5.41) is 3.76. The summed E-state index contributed by atoms with van der Waals surface area (Å²) < 4.78 is 15.5. The van der Waals surface area contributed by atoms with Crippen molar-refractivity contribution in [3.05, 3.63) is 84.2 Å². The average Bonchev–Trinajstić information content (AvgIpc) is 3.34. The Morgan fingerprint density at radius 2 is 2.04 bits per heavy atom. The molecule has 4 rings (SSSR count). The monoisotopic (exact) mass is 349 g/mol. The third-order valence-electron chi connectivity index (χ3n) is 5.41. The zero-order valence-corrected chi connectivity index (χ0v) is 15.0. The molecule has 0 aliphatic heterocycles. The van der Waals surface area contributed by atoms with Crippen LogP contribution in [-0.2, 0) is 0 Å². The number of nitrogens with one attached hydrogen (secondary N) is 1. The van der Waals surface area contributed by atoms with Crippen LogP contribution in [0.15, 0.2) is 67.3 Å². The van der Waals surface area contributed by atoms with E-state index in [2.05, 4.69) is 41.5 Å². The first-order chi connectivity index (χ1) is 12.7. The second kappa shape index (κ2) is 7.42. The maximum Gasteiger partial charge on any atom is 0.123 e. The lowest BCUT2D eigenvalue weighted by molar-refractivity contribution is 0.457. The Labute approximate surface area is 153 Å². The molecule has 1 aromatic heterocycles. The summed E-state index contributed by atoms with van der Waals surface area (Å²) >= 11 is 0. The van der Waals surface area contributed by atoms with Gasteiger partial charge in [-0.05, 0) is 67.5 Å². The summed E-state index contributed by atoms with van der Waals surface area (Å²) in [4.78, 5) is 4.12. The SMILES string of the molecule is CC(NC1CCC(c2cccc(F)c2)C1)c1cccc(-n2ccnc2)c1. The second-order valence-corrected chi connectivity index (χ2v) is 7.22. The summed E-state index contributed by atoms with van der Waals surface area (Å²) in [7, 11) is 0. The van der Waals surface area contributed by atoms with E-state index >= 15 is 0 Å². The van der Waals surface area contributed by atoms with Crippen LogP contribution in [-0.4, -0.2) is 15.6 Å². The van der Waals surface area contributed by atoms with Crippen LogP contribution < -0.4 is 5.32 Å². The summed E-state index contributed by atoms with van der Waals surface area (Å²) in [6.45, 7) is 2.21. The number of benzene rings is 2. The van der Waals surface area contributed by atoms with E-state index < -0.39 is 0 Å². The first-order valence-electron chi connectivity index (χ1n) is 9.29. The van der Waals surface area contributed by atoms with Crippen molar-refractivity contribution in [2.45, 2.75) is 44.2 Å². The molecular weight excluding hydrogens is 325 g/mol. The van der Waals surface area contributed by atoms with Crippen LogP contribution in [0, 0.1) is 5.82 Å². The van der Waals surface area contributed by atoms with E-state index in [1.807, 2.05) is 29.2 Å². The van der Waals surface area contributed by atoms with Gasteiger partial charge in [0.1, 0.15) is 5.82 Å². The van der Waals surface area contributed by atoms with Crippen molar-refractivity contribution in [2.75, 3.05) is 0 Å². The number of hydrogen-bond donors (Lipinski definition) is 1. The smallest absolute Gasteiger partial charge is 0.123 e. The molecule has 26 heavy (non-hydrogen) atoms. The number of nitrogens with zero attached hydrogens (tertiary/aromatic N) is 2. The summed E-state index contributed by atoms with van der Waals surface area (Å²) in [5.41, 5.74) is 3.52. The molecule has 3 nitrogen and oxygen atoms in total. The van der Waals surface area contributed by atoms with Gasteiger partial charge in [0, 0.05) is 30.2 Å². The molecule has 3 unspecified atom stereocenters. The minimum Gasteiger partial charge on any atom is -0.307 e. The van der Waals surface area contributed by atoms with Gasteiger partial charge in [-0.2, -0.15) is 0 Å². The molecule has 1 aliphatic carbocycles. The molecular formula is C22H24FN3. The fourth-order valence-corrected chi connectivity index (χ4v) is 4.01. The van der Waals surface area contributed by atoms with Gasteiger partial charge in [0.05, 0.1) is 6.33 Å². The van der Waals surface area contributed by atoms with E-state index in [1.54, 1.807) is 12.3 Å². The van der Waals surface area contributed by atoms with E-state index in [0.717, 1.165) is 30.5 Å². The van der Waals surface area contributed by atoms with E-state index in [9.17, 15) is 4.39 Å². The van der Waals surface area contributed by atoms with Gasteiger partial charge >= 0.3 is 0 Å². The second-order valence-electron chi connectivity index (χ2n) is 7.22. The van der Waals surface area contributed by atoms with E-state index in [1.165, 1.54) is 11.6 Å². The number of imidazole rings is 1. The molecule has 1 saturated carbocycles. The summed E-state index contributed by atoms with van der Waals surface area (Å²) in [6, 6.07) is 16.4. The van der Waals surface area contributed by atoms with Crippen molar-refractivity contribution in [3.63, 3.8) is 0 Å². The van der Waals surface area contributed by atoms with Crippen molar-refractivity contribution in [2.24, 2.45) is 0 Å². The lowest BCUT2D eigenvalue weighted by Gasteiger charge is -2.21. The number of halogens is 1. The Morgan fingerprint density at radius 3 is 2.85 bits per heavy atom. The van der Waals surface area contributed by atoms with Gasteiger partial charge in [-0.3, -0.25) is 0 Å². The molecule has 3 atom stereocenters. The Bertz CT molecular complexity index is 859. The molecule has 1 heterocycles. The van der Waals surface area contributed by atoms with Crippen molar-refractivity contribution in [1.29, 1.82) is 0 Å². The van der Waals surface area contributed by atoms with Gasteiger partial charge in [-0.15, -0.1) is 0 Å². The molecule has 3 aromatic rings. The third-order valence-corrected chi connectivity index (χ3v) is 5.41. The first kappa shape index (κ1) is 17.0. The highest BCUT2D eigenvalue weighted by molar-refractivity contribution is 5.37. The minimum absolute atomic E-state index is 0.136. The van der Waals surface area contributed by atoms with Crippen LogP contribution >= 0.6 is 0 Å². The maximum absolute atomic E-state index is 13.5. The molecule has 0 amide bonds. The standard InChI is InChI=1S/C22H24FN3/c1-16(17-4-3-7-22(14-17)26-11-10-24-15-26)25-21-9-8-19(13-21)18-5-2-6-20(23)12-18/h2-7,10-12,14-16,19,21,25H,8-9,13H2,1H3. The maximum atomic E-state index is 13.5. The van der Waals surface area contributed by atoms with Crippen LogP contribution in [0.25, 0.3) is 5.69 Å². The highest BCUT2D eigenvalue weighted by Gasteiger charge is 2.27. The highest BCUT2D eigenvalue weighted by Crippen LogP contribution is 2.35. The van der Waals surface area contributed by atoms with Crippen molar-refractivity contribution < 1.29 is 4.39 Å². The number of hydrogen-bond acceptors (Lipinski definition) is 2. The largest absolute Gasteiger partial charge is 0.307 e. The van der Waals surface area contributed by atoms with Gasteiger partial charge in [0.2, 0.25) is 0 Å². The minimum atomic E-state index is -0.136. The Kier molecular flexibility index (Phi) is 4.85. The first-order valence-corrected chi connectivity index (χ1v) is 9.29. The molecule has 1 N–H and O–H groups in total. The zero-order valence-electron chi connectivity index (χ0n) is 15.0. The number of rotatable bonds is 5. The Morgan fingerprint density at radius 1 is 1.15 bits per heavy atom. The lowest BCUT2D eigenvalue weighted by atomic mass is 9.97. The van der Waals surface area contributed by atoms with Gasteiger partial charge in [0.25, 0.3) is 0 Å². The Hall–Kier alpha value is -2.46. The molecule has 0 bridgehead atoms. The van der Waals surface area contributed by atoms with Crippen LogP contribution in [0.2, 0.25) is 0 Å². The van der Waals surface area contributed by atoms with E-state index in [-0.39, 0.29) is 11.9 Å². The van der Waals surface area contributed by atoms with Crippen LogP contribution in [0.3, 0.4) is 0 Å². The molecule has 0 radical (unpaired) electrons. The van der Waals surface area contributed by atoms with Gasteiger partial charge in [0.15, 0.2) is 0 Å². The number of aromatic nitrogens is 2. The molecule has 0 spiro atoms.